The smallest absolute Gasteiger partial charge is 0.270 e. The zero-order valence-electron chi connectivity index (χ0n) is 16.6. The van der Waals surface area contributed by atoms with Gasteiger partial charge in [-0.1, -0.05) is 12.1 Å². The zero-order chi connectivity index (χ0) is 20.2. The number of pyridine rings is 1. The largest absolute Gasteiger partial charge is 0.493 e. The van der Waals surface area contributed by atoms with Crippen LogP contribution in [0.1, 0.15) is 34.5 Å². The zero-order valence-corrected chi connectivity index (χ0v) is 16.6. The number of amides is 2. The number of hydrogen-bond donors (Lipinski definition) is 2. The predicted molar refractivity (Wildman–Crippen MR) is 110 cm³/mol. The minimum Gasteiger partial charge on any atom is -0.493 e. The van der Waals surface area contributed by atoms with Crippen LogP contribution in [0.5, 0.6) is 5.75 Å². The molecule has 1 aromatic carbocycles. The average Bonchev–Trinajstić information content (AvgIpc) is 3.56. The number of piperazine rings is 1. The third-order valence-electron chi connectivity index (χ3n) is 5.21. The van der Waals surface area contributed by atoms with Gasteiger partial charge in [-0.2, -0.15) is 0 Å². The van der Waals surface area contributed by atoms with E-state index in [1.807, 2.05) is 36.1 Å². The number of ether oxygens (including phenoxy) is 1. The number of nitrogens with one attached hydrogen (secondary N) is 2. The summed E-state index contributed by atoms with van der Waals surface area (Å²) in [5.41, 5.74) is 3.24. The molecule has 152 valence electrons. The van der Waals surface area contributed by atoms with Crippen molar-refractivity contribution < 1.29 is 14.3 Å². The van der Waals surface area contributed by atoms with Gasteiger partial charge >= 0.3 is 0 Å². The molecular weight excluding hydrogens is 368 g/mol. The monoisotopic (exact) mass is 394 g/mol. The maximum Gasteiger partial charge on any atom is 0.270 e. The molecule has 2 fully saturated rings. The average molecular weight is 394 g/mol. The van der Waals surface area contributed by atoms with Crippen molar-refractivity contribution in [2.45, 2.75) is 26.3 Å². The van der Waals surface area contributed by atoms with E-state index in [0.717, 1.165) is 29.2 Å². The Morgan fingerprint density at radius 3 is 2.97 bits per heavy atom. The molecule has 0 radical (unpaired) electrons. The molecule has 2 amide bonds. The molecule has 1 aliphatic heterocycles. The summed E-state index contributed by atoms with van der Waals surface area (Å²) in [5, 5.41) is 5.74. The summed E-state index contributed by atoms with van der Waals surface area (Å²) in [4.78, 5) is 30.4. The molecule has 0 atom stereocenters. The fourth-order valence-electron chi connectivity index (χ4n) is 3.30. The molecule has 0 unspecified atom stereocenters. The van der Waals surface area contributed by atoms with Crippen molar-refractivity contribution in [2.24, 2.45) is 5.92 Å². The SMILES string of the molecule is Cc1ccc(CNC(=O)c2cc(N3CCNC(=O)C3)ccn2)c(OCC2CC2)c1. The van der Waals surface area contributed by atoms with Gasteiger partial charge in [0.15, 0.2) is 0 Å². The lowest BCUT2D eigenvalue weighted by atomic mass is 10.1. The lowest BCUT2D eigenvalue weighted by molar-refractivity contribution is -0.120. The van der Waals surface area contributed by atoms with Gasteiger partial charge < -0.3 is 20.3 Å². The highest BCUT2D eigenvalue weighted by Gasteiger charge is 2.22. The summed E-state index contributed by atoms with van der Waals surface area (Å²) in [6, 6.07) is 9.58. The van der Waals surface area contributed by atoms with E-state index in [4.69, 9.17) is 4.74 Å². The molecule has 1 saturated carbocycles. The van der Waals surface area contributed by atoms with Gasteiger partial charge in [-0.05, 0) is 49.4 Å². The summed E-state index contributed by atoms with van der Waals surface area (Å²) < 4.78 is 5.98. The first-order valence-corrected chi connectivity index (χ1v) is 10.1. The number of anilines is 1. The second kappa shape index (κ2) is 8.51. The van der Waals surface area contributed by atoms with Crippen LogP contribution in [0.2, 0.25) is 0 Å². The summed E-state index contributed by atoms with van der Waals surface area (Å²) in [5.74, 6) is 1.24. The number of nitrogens with zero attached hydrogens (tertiary/aromatic N) is 2. The highest BCUT2D eigenvalue weighted by Crippen LogP contribution is 2.30. The van der Waals surface area contributed by atoms with Crippen molar-refractivity contribution in [1.29, 1.82) is 0 Å². The van der Waals surface area contributed by atoms with Gasteiger partial charge in [0.1, 0.15) is 11.4 Å². The molecule has 1 aliphatic carbocycles. The van der Waals surface area contributed by atoms with Crippen LogP contribution in [0.3, 0.4) is 0 Å². The number of carbonyl (C=O) groups is 2. The lowest BCUT2D eigenvalue weighted by Gasteiger charge is -2.28. The third-order valence-corrected chi connectivity index (χ3v) is 5.21. The van der Waals surface area contributed by atoms with Gasteiger partial charge in [0.25, 0.3) is 5.91 Å². The highest BCUT2D eigenvalue weighted by atomic mass is 16.5. The first-order valence-electron chi connectivity index (χ1n) is 10.1. The maximum atomic E-state index is 12.7. The van der Waals surface area contributed by atoms with Crippen LogP contribution in [0, 0.1) is 12.8 Å². The number of hydrogen-bond acceptors (Lipinski definition) is 5. The molecule has 2 heterocycles. The first-order chi connectivity index (χ1) is 14.1. The van der Waals surface area contributed by atoms with Crippen molar-refractivity contribution >= 4 is 17.5 Å². The van der Waals surface area contributed by atoms with Crippen LogP contribution in [0.15, 0.2) is 36.5 Å². The lowest BCUT2D eigenvalue weighted by Crippen LogP contribution is -2.47. The molecule has 4 rings (SSSR count). The van der Waals surface area contributed by atoms with Crippen LogP contribution in [0.4, 0.5) is 5.69 Å². The van der Waals surface area contributed by atoms with Crippen LogP contribution in [-0.4, -0.2) is 43.0 Å². The standard InChI is InChI=1S/C22H26N4O3/c1-15-2-5-17(20(10-15)29-14-16-3-4-16)12-25-22(28)19-11-18(6-7-23-19)26-9-8-24-21(27)13-26/h2,5-7,10-11,16H,3-4,8-9,12-14H2,1H3,(H,24,27)(H,25,28). The van der Waals surface area contributed by atoms with Crippen molar-refractivity contribution in [1.82, 2.24) is 15.6 Å². The van der Waals surface area contributed by atoms with Gasteiger partial charge in [0, 0.05) is 37.1 Å². The Morgan fingerprint density at radius 2 is 2.17 bits per heavy atom. The Labute approximate surface area is 170 Å². The van der Waals surface area contributed by atoms with Gasteiger partial charge in [-0.25, -0.2) is 0 Å². The van der Waals surface area contributed by atoms with E-state index < -0.39 is 0 Å². The van der Waals surface area contributed by atoms with E-state index in [-0.39, 0.29) is 18.4 Å². The van der Waals surface area contributed by atoms with Crippen molar-refractivity contribution in [2.75, 3.05) is 31.1 Å². The van der Waals surface area contributed by atoms with E-state index >= 15 is 0 Å². The minimum atomic E-state index is -0.248. The second-order valence-corrected chi connectivity index (χ2v) is 7.72. The highest BCUT2D eigenvalue weighted by molar-refractivity contribution is 5.93. The van der Waals surface area contributed by atoms with Gasteiger partial charge in [0.2, 0.25) is 5.91 Å². The van der Waals surface area contributed by atoms with E-state index in [1.165, 1.54) is 12.8 Å². The molecule has 2 aliphatic rings. The third kappa shape index (κ3) is 5.04. The number of benzene rings is 1. The summed E-state index contributed by atoms with van der Waals surface area (Å²) in [7, 11) is 0. The summed E-state index contributed by atoms with van der Waals surface area (Å²) in [6.45, 7) is 4.73. The topological polar surface area (TPSA) is 83.6 Å². The number of rotatable bonds is 7. The van der Waals surface area contributed by atoms with Crippen LogP contribution < -0.4 is 20.3 Å². The molecule has 2 aromatic rings. The van der Waals surface area contributed by atoms with E-state index in [2.05, 4.69) is 15.6 Å². The summed E-state index contributed by atoms with van der Waals surface area (Å²) >= 11 is 0. The van der Waals surface area contributed by atoms with E-state index in [1.54, 1.807) is 12.3 Å². The molecular formula is C22H26N4O3. The molecule has 0 spiro atoms. The molecule has 29 heavy (non-hydrogen) atoms. The number of aryl methyl sites for hydroxylation is 1. The maximum absolute atomic E-state index is 12.7. The Morgan fingerprint density at radius 1 is 1.31 bits per heavy atom. The normalized spacial score (nSPS) is 16.3. The Kier molecular flexibility index (Phi) is 5.64. The Hall–Kier alpha value is -3.09. The second-order valence-electron chi connectivity index (χ2n) is 7.72. The Balaban J connectivity index is 1.41. The van der Waals surface area contributed by atoms with Crippen molar-refractivity contribution in [3.8, 4) is 5.75 Å². The fourth-order valence-corrected chi connectivity index (χ4v) is 3.30. The van der Waals surface area contributed by atoms with E-state index in [9.17, 15) is 9.59 Å². The molecule has 1 aromatic heterocycles. The molecule has 2 N–H and O–H groups in total. The molecule has 1 saturated heterocycles. The van der Waals surface area contributed by atoms with Crippen molar-refractivity contribution in [3.05, 3.63) is 53.3 Å². The molecule has 7 nitrogen and oxygen atoms in total. The predicted octanol–water partition coefficient (Wildman–Crippen LogP) is 2.05. The molecule has 0 bridgehead atoms. The van der Waals surface area contributed by atoms with Gasteiger partial charge in [-0.3, -0.25) is 14.6 Å². The summed E-state index contributed by atoms with van der Waals surface area (Å²) in [6.07, 6.45) is 4.07. The first kappa shape index (κ1) is 19.2. The van der Waals surface area contributed by atoms with E-state index in [0.29, 0.717) is 31.2 Å². The van der Waals surface area contributed by atoms with Gasteiger partial charge in [0.05, 0.1) is 13.2 Å². The van der Waals surface area contributed by atoms with Crippen LogP contribution in [-0.2, 0) is 11.3 Å². The van der Waals surface area contributed by atoms with Crippen molar-refractivity contribution in [3.63, 3.8) is 0 Å². The molecule has 7 heteroatoms. The minimum absolute atomic E-state index is 0.0165. The van der Waals surface area contributed by atoms with Crippen LogP contribution >= 0.6 is 0 Å². The quantitative estimate of drug-likeness (QED) is 0.751. The van der Waals surface area contributed by atoms with Crippen LogP contribution in [0.25, 0.3) is 0 Å². The number of carbonyl (C=O) groups excluding carboxylic acids is 2. The Bertz CT molecular complexity index is 911. The number of aromatic nitrogens is 1. The van der Waals surface area contributed by atoms with Gasteiger partial charge in [-0.15, -0.1) is 0 Å². The fraction of sp³-hybridized carbons (Fsp3) is 0.409.